The number of carboxylic acid groups (broad SMARTS) is 1. The Morgan fingerprint density at radius 3 is 1.05 bits per heavy atom. The lowest BCUT2D eigenvalue weighted by Crippen LogP contribution is -2.25. The predicted molar refractivity (Wildman–Crippen MR) is 209 cm³/mol. The maximum absolute atomic E-state index is 12.0. The molecular weight excluding hydrogens is 754 g/mol. The number of esters is 1. The molecule has 0 saturated carbocycles. The van der Waals surface area contributed by atoms with E-state index in [1.165, 1.54) is 0 Å². The number of carboxylic acids is 1. The Bertz CT molecular complexity index is 873. The Morgan fingerprint density at radius 1 is 0.439 bits per heavy atom. The number of nitrogens with one attached hydrogen (secondary N) is 1. The fourth-order valence-corrected chi connectivity index (χ4v) is 4.49. The third-order valence-electron chi connectivity index (χ3n) is 7.65. The van der Waals surface area contributed by atoms with E-state index in [2.05, 4.69) is 12.2 Å². The molecule has 18 heteroatoms. The second-order valence-electron chi connectivity index (χ2n) is 12.4. The summed E-state index contributed by atoms with van der Waals surface area (Å²) in [5.41, 5.74) is 0. The predicted octanol–water partition coefficient (Wildman–Crippen LogP) is 2.32. The molecule has 57 heavy (non-hydrogen) atoms. The normalized spacial score (nSPS) is 11.9. The van der Waals surface area contributed by atoms with Crippen molar-refractivity contribution in [2.75, 3.05) is 172 Å². The van der Waals surface area contributed by atoms with E-state index in [9.17, 15) is 14.4 Å². The van der Waals surface area contributed by atoms with E-state index in [-0.39, 0.29) is 37.2 Å². The number of carbonyl (C=O) groups excluding carboxylic acids is 2. The molecule has 0 bridgehead atoms. The second kappa shape index (κ2) is 46.6. The van der Waals surface area contributed by atoms with Gasteiger partial charge in [-0.15, -0.1) is 0 Å². The molecule has 0 heterocycles. The van der Waals surface area contributed by atoms with Gasteiger partial charge in [0.25, 0.3) is 0 Å². The minimum absolute atomic E-state index is 0.0120. The molecule has 1 atom stereocenters. The van der Waals surface area contributed by atoms with Crippen LogP contribution in [0.4, 0.5) is 0 Å². The highest BCUT2D eigenvalue weighted by Gasteiger charge is 2.17. The van der Waals surface area contributed by atoms with Crippen molar-refractivity contribution < 1.29 is 81.1 Å². The quantitative estimate of drug-likeness (QED) is 0.0667. The van der Waals surface area contributed by atoms with Crippen LogP contribution in [0.25, 0.3) is 0 Å². The van der Waals surface area contributed by atoms with Gasteiger partial charge in [0.1, 0.15) is 6.61 Å². The molecule has 0 aromatic carbocycles. The summed E-state index contributed by atoms with van der Waals surface area (Å²) >= 11 is 0. The summed E-state index contributed by atoms with van der Waals surface area (Å²) < 4.78 is 70.9. The monoisotopic (exact) mass is 830 g/mol. The highest BCUT2D eigenvalue weighted by atomic mass is 16.6. The molecule has 18 nitrogen and oxygen atoms in total. The molecule has 338 valence electrons. The van der Waals surface area contributed by atoms with Crippen LogP contribution in [0.1, 0.15) is 58.8 Å². The molecule has 0 radical (unpaired) electrons. The van der Waals surface area contributed by atoms with E-state index in [0.29, 0.717) is 172 Å². The van der Waals surface area contributed by atoms with Crippen LogP contribution in [0.15, 0.2) is 0 Å². The summed E-state index contributed by atoms with van der Waals surface area (Å²) in [4.78, 5) is 33.8. The van der Waals surface area contributed by atoms with Crippen molar-refractivity contribution in [1.82, 2.24) is 5.32 Å². The average molecular weight is 830 g/mol. The molecule has 1 unspecified atom stereocenters. The van der Waals surface area contributed by atoms with E-state index in [0.717, 1.165) is 25.7 Å². The van der Waals surface area contributed by atoms with E-state index in [1.54, 1.807) is 0 Å². The van der Waals surface area contributed by atoms with Crippen LogP contribution in [0, 0.1) is 5.92 Å². The molecule has 0 aliphatic carbocycles. The van der Waals surface area contributed by atoms with Crippen molar-refractivity contribution in [3.8, 4) is 0 Å². The van der Waals surface area contributed by atoms with Crippen LogP contribution in [0.2, 0.25) is 0 Å². The van der Waals surface area contributed by atoms with Crippen LogP contribution in [0.3, 0.4) is 0 Å². The number of unbranched alkanes of at least 4 members (excludes halogenated alkanes) is 1. The summed E-state index contributed by atoms with van der Waals surface area (Å²) in [6.45, 7) is 16.0. The molecule has 0 saturated heterocycles. The lowest BCUT2D eigenvalue weighted by Gasteiger charge is -2.13. The van der Waals surface area contributed by atoms with Crippen molar-refractivity contribution in [1.29, 1.82) is 0 Å². The van der Waals surface area contributed by atoms with Gasteiger partial charge < -0.3 is 72.0 Å². The van der Waals surface area contributed by atoms with Gasteiger partial charge in [-0.3, -0.25) is 14.4 Å². The van der Waals surface area contributed by atoms with Gasteiger partial charge in [-0.1, -0.05) is 26.7 Å². The van der Waals surface area contributed by atoms with Gasteiger partial charge in [0.15, 0.2) is 0 Å². The molecule has 1 amide bonds. The van der Waals surface area contributed by atoms with Crippen LogP contribution >= 0.6 is 0 Å². The minimum atomic E-state index is -0.986. The fraction of sp³-hybridized carbons (Fsp3) is 0.923. The summed E-state index contributed by atoms with van der Waals surface area (Å²) in [6, 6.07) is 0. The first kappa shape index (κ1) is 54.9. The van der Waals surface area contributed by atoms with Gasteiger partial charge in [-0.05, 0) is 19.3 Å². The number of carbonyl (C=O) groups is 3. The highest BCUT2D eigenvalue weighted by molar-refractivity contribution is 5.80. The lowest BCUT2D eigenvalue weighted by molar-refractivity contribution is -0.150. The zero-order valence-electron chi connectivity index (χ0n) is 34.9. The Hall–Kier alpha value is -2.07. The van der Waals surface area contributed by atoms with Gasteiger partial charge in [0.2, 0.25) is 5.91 Å². The van der Waals surface area contributed by atoms with Crippen molar-refractivity contribution in [2.45, 2.75) is 58.8 Å². The number of amides is 1. The van der Waals surface area contributed by atoms with Crippen LogP contribution in [-0.2, 0) is 76.0 Å². The summed E-state index contributed by atoms with van der Waals surface area (Å²) in [5, 5.41) is 11.2. The lowest BCUT2D eigenvalue weighted by atomic mass is 10.00. The van der Waals surface area contributed by atoms with Crippen molar-refractivity contribution >= 4 is 17.8 Å². The van der Waals surface area contributed by atoms with Gasteiger partial charge in [0.05, 0.1) is 164 Å². The summed E-state index contributed by atoms with van der Waals surface area (Å²) in [6.07, 6.45) is 4.27. The van der Waals surface area contributed by atoms with Crippen molar-refractivity contribution in [2.24, 2.45) is 5.92 Å². The molecular formula is C39H75NO17. The number of hydrogen-bond acceptors (Lipinski definition) is 16. The fourth-order valence-electron chi connectivity index (χ4n) is 4.49. The summed E-state index contributed by atoms with van der Waals surface area (Å²) in [7, 11) is 0. The first-order valence-electron chi connectivity index (χ1n) is 20.6. The third kappa shape index (κ3) is 44.9. The van der Waals surface area contributed by atoms with Gasteiger partial charge in [0, 0.05) is 19.6 Å². The van der Waals surface area contributed by atoms with E-state index in [1.807, 2.05) is 6.92 Å². The smallest absolute Gasteiger partial charge is 0.308 e. The van der Waals surface area contributed by atoms with Crippen molar-refractivity contribution in [3.05, 3.63) is 0 Å². The molecule has 0 rings (SSSR count). The highest BCUT2D eigenvalue weighted by Crippen LogP contribution is 2.14. The zero-order chi connectivity index (χ0) is 41.5. The summed E-state index contributed by atoms with van der Waals surface area (Å²) in [5.74, 6) is -1.40. The number of ether oxygens (including phenoxy) is 13. The van der Waals surface area contributed by atoms with Crippen LogP contribution in [0.5, 0.6) is 0 Å². The number of hydrogen-bond donors (Lipinski definition) is 2. The van der Waals surface area contributed by atoms with E-state index >= 15 is 0 Å². The maximum Gasteiger partial charge on any atom is 0.308 e. The molecule has 0 fully saturated rings. The van der Waals surface area contributed by atoms with Crippen molar-refractivity contribution in [3.63, 3.8) is 0 Å². The Morgan fingerprint density at radius 2 is 0.754 bits per heavy atom. The Labute approximate surface area is 340 Å². The van der Waals surface area contributed by atoms with Gasteiger partial charge >= 0.3 is 11.9 Å². The SMILES string of the molecule is CCCCC(CC)C(=O)OCCOCCOCCOCCOCCOCCOCCOCCOCCOCCOCCOCCOCCCNC(=O)CCC(=O)O. The minimum Gasteiger partial charge on any atom is -0.481 e. The Balaban J connectivity index is 3.15. The third-order valence-corrected chi connectivity index (χ3v) is 7.65. The first-order chi connectivity index (χ1) is 28.0. The maximum atomic E-state index is 12.0. The number of rotatable bonds is 48. The topological polar surface area (TPSA) is 203 Å². The molecule has 0 aromatic heterocycles. The van der Waals surface area contributed by atoms with E-state index < -0.39 is 5.97 Å². The molecule has 0 aliphatic rings. The largest absolute Gasteiger partial charge is 0.481 e. The second-order valence-corrected chi connectivity index (χ2v) is 12.4. The number of aliphatic carboxylic acids is 1. The Kier molecular flexibility index (Phi) is 44.9. The standard InChI is InChI=1S/C39H75NO17/c1-3-5-7-36(4-2)39(44)57-35-34-56-33-32-55-31-30-54-29-28-53-27-26-52-25-24-51-23-22-50-21-20-49-19-18-48-17-16-47-15-14-46-13-12-45-11-6-10-40-37(41)8-9-38(42)43/h36H,3-35H2,1-2H3,(H,40,41)(H,42,43). The first-order valence-corrected chi connectivity index (χ1v) is 20.6. The van der Waals surface area contributed by atoms with Crippen LogP contribution in [-0.4, -0.2) is 195 Å². The molecule has 0 spiro atoms. The zero-order valence-corrected chi connectivity index (χ0v) is 34.9. The van der Waals surface area contributed by atoms with Crippen LogP contribution < -0.4 is 5.32 Å². The van der Waals surface area contributed by atoms with Gasteiger partial charge in [-0.25, -0.2) is 0 Å². The van der Waals surface area contributed by atoms with Gasteiger partial charge in [-0.2, -0.15) is 0 Å². The molecule has 2 N–H and O–H groups in total. The molecule has 0 aliphatic heterocycles. The molecule has 0 aromatic rings. The van der Waals surface area contributed by atoms with E-state index in [4.69, 9.17) is 66.7 Å². The average Bonchev–Trinajstić information content (AvgIpc) is 3.20.